The number of carbonyl (C=O) groups excluding carboxylic acids is 1. The van der Waals surface area contributed by atoms with E-state index in [1.165, 1.54) is 0 Å². The molecule has 1 amide bonds. The Labute approximate surface area is 133 Å². The molecule has 0 atom stereocenters. The minimum absolute atomic E-state index is 0.280. The van der Waals surface area contributed by atoms with Crippen molar-refractivity contribution >= 4 is 23.5 Å². The average Bonchev–Trinajstić information content (AvgIpc) is 2.89. The summed E-state index contributed by atoms with van der Waals surface area (Å²) < 4.78 is 1.60. The van der Waals surface area contributed by atoms with E-state index in [0.717, 1.165) is 31.8 Å². The molecule has 0 aliphatic carbocycles. The van der Waals surface area contributed by atoms with Crippen LogP contribution in [-0.4, -0.2) is 33.8 Å². The molecule has 1 aromatic carbocycles. The quantitative estimate of drug-likeness (QED) is 0.909. The van der Waals surface area contributed by atoms with E-state index in [9.17, 15) is 4.79 Å². The molecule has 1 fully saturated rings. The van der Waals surface area contributed by atoms with Crippen molar-refractivity contribution in [2.45, 2.75) is 18.8 Å². The third-order valence-corrected chi connectivity index (χ3v) is 4.16. The van der Waals surface area contributed by atoms with Gasteiger partial charge >= 0.3 is 0 Å². The molecule has 1 aliphatic heterocycles. The third kappa shape index (κ3) is 3.13. The van der Waals surface area contributed by atoms with Crippen molar-refractivity contribution in [2.24, 2.45) is 7.05 Å². The Bertz CT molecular complexity index is 678. The zero-order valence-electron chi connectivity index (χ0n) is 12.3. The SMILES string of the molecule is Cn1nc(C2CCNCC2)nc1NC(=O)c1ccccc1Cl. The van der Waals surface area contributed by atoms with Crippen molar-refractivity contribution in [2.75, 3.05) is 18.4 Å². The number of nitrogens with one attached hydrogen (secondary N) is 2. The molecule has 6 nitrogen and oxygen atoms in total. The lowest BCUT2D eigenvalue weighted by Gasteiger charge is -2.19. The summed E-state index contributed by atoms with van der Waals surface area (Å²) in [6, 6.07) is 6.93. The molecule has 2 N–H and O–H groups in total. The number of benzene rings is 1. The highest BCUT2D eigenvalue weighted by molar-refractivity contribution is 6.34. The van der Waals surface area contributed by atoms with Gasteiger partial charge in [-0.1, -0.05) is 23.7 Å². The molecule has 0 radical (unpaired) electrons. The lowest BCUT2D eigenvalue weighted by atomic mass is 9.98. The van der Waals surface area contributed by atoms with Crippen LogP contribution in [0.5, 0.6) is 0 Å². The molecule has 1 saturated heterocycles. The van der Waals surface area contributed by atoms with E-state index in [1.54, 1.807) is 36.0 Å². The predicted octanol–water partition coefficient (Wildman–Crippen LogP) is 2.19. The number of hydrogen-bond acceptors (Lipinski definition) is 4. The molecule has 0 unspecified atom stereocenters. The lowest BCUT2D eigenvalue weighted by Crippen LogP contribution is -2.27. The fourth-order valence-electron chi connectivity index (χ4n) is 2.58. The van der Waals surface area contributed by atoms with Gasteiger partial charge in [0, 0.05) is 13.0 Å². The number of anilines is 1. The first kappa shape index (κ1) is 15.0. The van der Waals surface area contributed by atoms with E-state index >= 15 is 0 Å². The molecule has 2 heterocycles. The zero-order valence-corrected chi connectivity index (χ0v) is 13.1. The number of piperidine rings is 1. The molecular formula is C15H18ClN5O. The van der Waals surface area contributed by atoms with Crippen LogP contribution in [0, 0.1) is 0 Å². The molecule has 1 aromatic heterocycles. The van der Waals surface area contributed by atoms with Gasteiger partial charge < -0.3 is 5.32 Å². The van der Waals surface area contributed by atoms with Gasteiger partial charge in [-0.15, -0.1) is 0 Å². The fraction of sp³-hybridized carbons (Fsp3) is 0.400. The van der Waals surface area contributed by atoms with Gasteiger partial charge in [-0.2, -0.15) is 10.1 Å². The van der Waals surface area contributed by atoms with Crippen molar-refractivity contribution in [3.8, 4) is 0 Å². The minimum atomic E-state index is -0.280. The average molecular weight is 320 g/mol. The summed E-state index contributed by atoms with van der Waals surface area (Å²) in [5.74, 6) is 1.30. The summed E-state index contributed by atoms with van der Waals surface area (Å²) in [6.45, 7) is 1.95. The van der Waals surface area contributed by atoms with E-state index in [1.807, 2.05) is 0 Å². The van der Waals surface area contributed by atoms with Gasteiger partial charge in [-0.25, -0.2) is 4.68 Å². The van der Waals surface area contributed by atoms with E-state index in [2.05, 4.69) is 20.7 Å². The highest BCUT2D eigenvalue weighted by atomic mass is 35.5. The summed E-state index contributed by atoms with van der Waals surface area (Å²) in [5.41, 5.74) is 0.426. The number of nitrogens with zero attached hydrogens (tertiary/aromatic N) is 3. The van der Waals surface area contributed by atoms with Crippen LogP contribution in [0.4, 0.5) is 5.95 Å². The summed E-state index contributed by atoms with van der Waals surface area (Å²) in [4.78, 5) is 16.8. The number of hydrogen-bond donors (Lipinski definition) is 2. The Morgan fingerprint density at radius 1 is 1.36 bits per heavy atom. The third-order valence-electron chi connectivity index (χ3n) is 3.83. The molecule has 1 aliphatic rings. The number of halogens is 1. The summed E-state index contributed by atoms with van der Waals surface area (Å²) >= 11 is 6.04. The molecule has 3 rings (SSSR count). The maximum Gasteiger partial charge on any atom is 0.259 e. The molecule has 22 heavy (non-hydrogen) atoms. The number of carbonyl (C=O) groups is 1. The van der Waals surface area contributed by atoms with Crippen molar-refractivity contribution in [3.63, 3.8) is 0 Å². The summed E-state index contributed by atoms with van der Waals surface area (Å²) in [6.07, 6.45) is 2.03. The zero-order chi connectivity index (χ0) is 15.5. The predicted molar refractivity (Wildman–Crippen MR) is 85.3 cm³/mol. The second kappa shape index (κ2) is 6.46. The number of aryl methyl sites for hydroxylation is 1. The van der Waals surface area contributed by atoms with Gasteiger partial charge in [0.15, 0.2) is 5.82 Å². The Balaban J connectivity index is 1.76. The van der Waals surface area contributed by atoms with E-state index in [-0.39, 0.29) is 5.91 Å². The first-order chi connectivity index (χ1) is 10.6. The summed E-state index contributed by atoms with van der Waals surface area (Å²) in [7, 11) is 1.78. The van der Waals surface area contributed by atoms with Gasteiger partial charge in [-0.3, -0.25) is 10.1 Å². The number of aromatic nitrogens is 3. The van der Waals surface area contributed by atoms with Crippen LogP contribution in [0.15, 0.2) is 24.3 Å². The Kier molecular flexibility index (Phi) is 4.40. The van der Waals surface area contributed by atoms with Gasteiger partial charge in [0.2, 0.25) is 5.95 Å². The van der Waals surface area contributed by atoms with Crippen LogP contribution in [0.25, 0.3) is 0 Å². The van der Waals surface area contributed by atoms with Crippen LogP contribution in [-0.2, 0) is 7.05 Å². The Hall–Kier alpha value is -1.92. The summed E-state index contributed by atoms with van der Waals surface area (Å²) in [5, 5.41) is 10.9. The standard InChI is InChI=1S/C15H18ClN5O/c1-21-15(18-13(20-21)10-6-8-17-9-7-10)19-14(22)11-4-2-3-5-12(11)16/h2-5,10,17H,6-9H2,1H3,(H,18,19,20,22). The van der Waals surface area contributed by atoms with Crippen molar-refractivity contribution < 1.29 is 4.79 Å². The highest BCUT2D eigenvalue weighted by Crippen LogP contribution is 2.23. The van der Waals surface area contributed by atoms with E-state index in [4.69, 9.17) is 11.6 Å². The number of rotatable bonds is 3. The second-order valence-corrected chi connectivity index (χ2v) is 5.78. The van der Waals surface area contributed by atoms with Gasteiger partial charge in [0.1, 0.15) is 0 Å². The molecule has 0 bridgehead atoms. The molecule has 116 valence electrons. The van der Waals surface area contributed by atoms with Gasteiger partial charge in [0.25, 0.3) is 5.91 Å². The van der Waals surface area contributed by atoms with Gasteiger partial charge in [0.05, 0.1) is 10.6 Å². The fourth-order valence-corrected chi connectivity index (χ4v) is 2.80. The monoisotopic (exact) mass is 319 g/mol. The van der Waals surface area contributed by atoms with Crippen LogP contribution in [0.3, 0.4) is 0 Å². The number of amides is 1. The highest BCUT2D eigenvalue weighted by Gasteiger charge is 2.21. The Morgan fingerprint density at radius 2 is 2.09 bits per heavy atom. The maximum atomic E-state index is 12.3. The van der Waals surface area contributed by atoms with Crippen LogP contribution in [0.1, 0.15) is 34.9 Å². The van der Waals surface area contributed by atoms with Crippen molar-refractivity contribution in [1.82, 2.24) is 20.1 Å². The first-order valence-electron chi connectivity index (χ1n) is 7.32. The topological polar surface area (TPSA) is 71.8 Å². The molecule has 7 heteroatoms. The lowest BCUT2D eigenvalue weighted by molar-refractivity contribution is 0.102. The minimum Gasteiger partial charge on any atom is -0.317 e. The van der Waals surface area contributed by atoms with E-state index in [0.29, 0.717) is 22.5 Å². The largest absolute Gasteiger partial charge is 0.317 e. The molecule has 0 saturated carbocycles. The molecule has 2 aromatic rings. The van der Waals surface area contributed by atoms with Gasteiger partial charge in [-0.05, 0) is 38.1 Å². The van der Waals surface area contributed by atoms with Crippen LogP contribution >= 0.6 is 11.6 Å². The second-order valence-electron chi connectivity index (χ2n) is 5.38. The van der Waals surface area contributed by atoms with Crippen LogP contribution < -0.4 is 10.6 Å². The normalized spacial score (nSPS) is 15.7. The molecular weight excluding hydrogens is 302 g/mol. The molecule has 0 spiro atoms. The van der Waals surface area contributed by atoms with E-state index < -0.39 is 0 Å². The maximum absolute atomic E-state index is 12.3. The van der Waals surface area contributed by atoms with Crippen molar-refractivity contribution in [3.05, 3.63) is 40.7 Å². The van der Waals surface area contributed by atoms with Crippen molar-refractivity contribution in [1.29, 1.82) is 0 Å². The van der Waals surface area contributed by atoms with Crippen LogP contribution in [0.2, 0.25) is 5.02 Å². The first-order valence-corrected chi connectivity index (χ1v) is 7.70. The smallest absolute Gasteiger partial charge is 0.259 e. The Morgan fingerprint density at radius 3 is 2.82 bits per heavy atom.